The summed E-state index contributed by atoms with van der Waals surface area (Å²) >= 11 is 1.20. The van der Waals surface area contributed by atoms with Gasteiger partial charge in [0, 0.05) is 24.3 Å². The van der Waals surface area contributed by atoms with E-state index >= 15 is 0 Å². The third kappa shape index (κ3) is 4.45. The van der Waals surface area contributed by atoms with E-state index in [0.29, 0.717) is 39.7 Å². The highest BCUT2D eigenvalue weighted by atomic mass is 32.2. The number of carbonyl (C=O) groups is 2. The van der Waals surface area contributed by atoms with Crippen LogP contribution in [0.15, 0.2) is 70.2 Å². The number of rotatable bonds is 6. The molecule has 5 rings (SSSR count). The number of anilines is 2. The Morgan fingerprint density at radius 2 is 1.79 bits per heavy atom. The van der Waals surface area contributed by atoms with Gasteiger partial charge in [-0.05, 0) is 61.4 Å². The van der Waals surface area contributed by atoms with Crippen molar-refractivity contribution >= 4 is 54.2 Å². The summed E-state index contributed by atoms with van der Waals surface area (Å²) in [6.45, 7) is 1.07. The minimum atomic E-state index is -3.53. The van der Waals surface area contributed by atoms with E-state index in [-0.39, 0.29) is 10.7 Å². The minimum absolute atomic E-state index is 0.162. The van der Waals surface area contributed by atoms with Crippen LogP contribution < -0.4 is 10.6 Å². The van der Waals surface area contributed by atoms with Gasteiger partial charge in [0.2, 0.25) is 10.0 Å². The first-order chi connectivity index (χ1) is 16.4. The van der Waals surface area contributed by atoms with Gasteiger partial charge in [-0.3, -0.25) is 14.9 Å². The Hall–Kier alpha value is -3.54. The van der Waals surface area contributed by atoms with E-state index in [1.165, 1.54) is 21.9 Å². The first-order valence-corrected chi connectivity index (χ1v) is 12.8. The Morgan fingerprint density at radius 3 is 2.56 bits per heavy atom. The summed E-state index contributed by atoms with van der Waals surface area (Å²) in [4.78, 5) is 29.6. The summed E-state index contributed by atoms with van der Waals surface area (Å²) < 4.78 is 32.9. The molecule has 2 amide bonds. The van der Waals surface area contributed by atoms with Gasteiger partial charge in [-0.2, -0.15) is 4.31 Å². The van der Waals surface area contributed by atoms with Gasteiger partial charge in [0.1, 0.15) is 0 Å². The number of sulfonamides is 1. The van der Waals surface area contributed by atoms with Crippen molar-refractivity contribution in [2.45, 2.75) is 17.7 Å². The maximum atomic E-state index is 12.8. The van der Waals surface area contributed by atoms with Crippen molar-refractivity contribution in [2.75, 3.05) is 23.7 Å². The normalized spacial score (nSPS) is 14.4. The van der Waals surface area contributed by atoms with E-state index in [1.54, 1.807) is 54.6 Å². The van der Waals surface area contributed by atoms with Gasteiger partial charge in [0.25, 0.3) is 11.8 Å². The Kier molecular flexibility index (Phi) is 5.90. The Labute approximate surface area is 199 Å². The molecule has 1 fully saturated rings. The molecule has 3 heterocycles. The van der Waals surface area contributed by atoms with Crippen molar-refractivity contribution in [1.82, 2.24) is 9.29 Å². The average molecular weight is 497 g/mol. The molecule has 0 unspecified atom stereocenters. The number of fused-ring (bicyclic) bond motifs is 1. The number of thiazole rings is 1. The van der Waals surface area contributed by atoms with Crippen molar-refractivity contribution in [3.63, 3.8) is 0 Å². The molecule has 174 valence electrons. The van der Waals surface area contributed by atoms with Gasteiger partial charge < -0.3 is 9.73 Å². The zero-order chi connectivity index (χ0) is 23.7. The van der Waals surface area contributed by atoms with Crippen LogP contribution in [0.5, 0.6) is 0 Å². The zero-order valence-electron chi connectivity index (χ0n) is 17.9. The maximum Gasteiger partial charge on any atom is 0.291 e. The van der Waals surface area contributed by atoms with Crippen molar-refractivity contribution in [3.8, 4) is 0 Å². The highest BCUT2D eigenvalue weighted by Gasteiger charge is 2.27. The smallest absolute Gasteiger partial charge is 0.291 e. The minimum Gasteiger partial charge on any atom is -0.459 e. The van der Waals surface area contributed by atoms with Crippen LogP contribution in [0.25, 0.3) is 10.2 Å². The maximum absolute atomic E-state index is 12.8. The van der Waals surface area contributed by atoms with Crippen LogP contribution in [0.2, 0.25) is 0 Å². The number of furan rings is 1. The Balaban J connectivity index is 1.32. The van der Waals surface area contributed by atoms with Crippen LogP contribution in [0.4, 0.5) is 10.8 Å². The van der Waals surface area contributed by atoms with Crippen LogP contribution in [-0.2, 0) is 10.0 Å². The van der Waals surface area contributed by atoms with Crippen LogP contribution in [0, 0.1) is 0 Å². The Bertz CT molecular complexity index is 1470. The van der Waals surface area contributed by atoms with Gasteiger partial charge in [-0.15, -0.1) is 0 Å². The summed E-state index contributed by atoms with van der Waals surface area (Å²) in [7, 11) is -3.53. The van der Waals surface area contributed by atoms with Gasteiger partial charge in [-0.25, -0.2) is 13.4 Å². The summed E-state index contributed by atoms with van der Waals surface area (Å²) in [5.41, 5.74) is 1.36. The molecule has 0 spiro atoms. The highest BCUT2D eigenvalue weighted by Crippen LogP contribution is 2.30. The molecule has 0 bridgehead atoms. The number of aromatic nitrogens is 1. The van der Waals surface area contributed by atoms with Gasteiger partial charge >= 0.3 is 0 Å². The standard InChI is InChI=1S/C23H20N4O5S2/c28-21(15-5-3-6-16(13-15)24-22(29)19-7-4-12-32-19)26-23-25-18-9-8-17(14-20(18)33-23)34(30,31)27-10-1-2-11-27/h3-9,12-14H,1-2,10-11H2,(H,24,29)(H,25,26,28). The molecule has 0 saturated carbocycles. The fraction of sp³-hybridized carbons (Fsp3) is 0.174. The van der Waals surface area contributed by atoms with Gasteiger partial charge in [-0.1, -0.05) is 17.4 Å². The Morgan fingerprint density at radius 1 is 0.971 bits per heavy atom. The number of benzene rings is 2. The number of amides is 2. The zero-order valence-corrected chi connectivity index (χ0v) is 19.5. The molecule has 1 saturated heterocycles. The second kappa shape index (κ2) is 9.01. The van der Waals surface area contributed by atoms with Crippen molar-refractivity contribution in [1.29, 1.82) is 0 Å². The molecule has 9 nitrogen and oxygen atoms in total. The summed E-state index contributed by atoms with van der Waals surface area (Å²) in [5, 5.41) is 5.78. The molecule has 0 atom stereocenters. The first-order valence-electron chi connectivity index (χ1n) is 10.6. The first kappa shape index (κ1) is 22.3. The molecule has 1 aliphatic rings. The van der Waals surface area contributed by atoms with Crippen molar-refractivity contribution < 1.29 is 22.4 Å². The summed E-state index contributed by atoms with van der Waals surface area (Å²) in [6.07, 6.45) is 3.14. The van der Waals surface area contributed by atoms with Crippen LogP contribution >= 0.6 is 11.3 Å². The summed E-state index contributed by atoms with van der Waals surface area (Å²) in [5.74, 6) is -0.665. The second-order valence-electron chi connectivity index (χ2n) is 7.73. The quantitative estimate of drug-likeness (QED) is 0.413. The van der Waals surface area contributed by atoms with Crippen molar-refractivity contribution in [3.05, 3.63) is 72.2 Å². The molecule has 34 heavy (non-hydrogen) atoms. The molecule has 2 N–H and O–H groups in total. The molecule has 0 radical (unpaired) electrons. The fourth-order valence-corrected chi connectivity index (χ4v) is 6.22. The van der Waals surface area contributed by atoms with E-state index in [1.807, 2.05) is 0 Å². The lowest BCUT2D eigenvalue weighted by Crippen LogP contribution is -2.27. The highest BCUT2D eigenvalue weighted by molar-refractivity contribution is 7.89. The number of hydrogen-bond acceptors (Lipinski definition) is 7. The number of nitrogens with zero attached hydrogens (tertiary/aromatic N) is 2. The molecule has 2 aromatic heterocycles. The fourth-order valence-electron chi connectivity index (χ4n) is 3.70. The molecule has 0 aliphatic carbocycles. The van der Waals surface area contributed by atoms with Crippen LogP contribution in [-0.4, -0.2) is 42.6 Å². The van der Waals surface area contributed by atoms with E-state index in [2.05, 4.69) is 15.6 Å². The van der Waals surface area contributed by atoms with Crippen LogP contribution in [0.3, 0.4) is 0 Å². The number of carbonyl (C=O) groups excluding carboxylic acids is 2. The molecule has 11 heteroatoms. The second-order valence-corrected chi connectivity index (χ2v) is 10.7. The van der Waals surface area contributed by atoms with Gasteiger partial charge in [0.15, 0.2) is 10.9 Å². The lowest BCUT2D eigenvalue weighted by atomic mass is 10.2. The molecule has 1 aliphatic heterocycles. The van der Waals surface area contributed by atoms with Crippen LogP contribution in [0.1, 0.15) is 33.8 Å². The monoisotopic (exact) mass is 496 g/mol. The number of nitrogens with one attached hydrogen (secondary N) is 2. The lowest BCUT2D eigenvalue weighted by molar-refractivity contribution is 0.0993. The number of hydrogen-bond donors (Lipinski definition) is 2. The lowest BCUT2D eigenvalue weighted by Gasteiger charge is -2.15. The molecule has 2 aromatic carbocycles. The predicted molar refractivity (Wildman–Crippen MR) is 129 cm³/mol. The third-order valence-electron chi connectivity index (χ3n) is 5.41. The predicted octanol–water partition coefficient (Wildman–Crippen LogP) is 4.18. The third-order valence-corrected chi connectivity index (χ3v) is 8.24. The largest absolute Gasteiger partial charge is 0.459 e. The van der Waals surface area contributed by atoms with Crippen molar-refractivity contribution in [2.24, 2.45) is 0 Å². The molecule has 4 aromatic rings. The topological polar surface area (TPSA) is 122 Å². The van der Waals surface area contributed by atoms with E-state index in [4.69, 9.17) is 4.42 Å². The summed E-state index contributed by atoms with van der Waals surface area (Å²) in [6, 6.07) is 14.4. The SMILES string of the molecule is O=C(Nc1nc2ccc(S(=O)(=O)N3CCCC3)cc2s1)c1cccc(NC(=O)c2ccco2)c1. The van der Waals surface area contributed by atoms with E-state index in [0.717, 1.165) is 12.8 Å². The van der Waals surface area contributed by atoms with Gasteiger partial charge in [0.05, 0.1) is 21.4 Å². The average Bonchev–Trinajstić information content (AvgIpc) is 3.60. The van der Waals surface area contributed by atoms with E-state index in [9.17, 15) is 18.0 Å². The molecular formula is C23H20N4O5S2. The van der Waals surface area contributed by atoms with E-state index < -0.39 is 21.8 Å². The molecular weight excluding hydrogens is 476 g/mol.